The van der Waals surface area contributed by atoms with Crippen LogP contribution in [-0.4, -0.2) is 42.1 Å². The smallest absolute Gasteiger partial charge is 0.292 e. The van der Waals surface area contributed by atoms with Gasteiger partial charge in [-0.1, -0.05) is 12.1 Å². The number of hydrogen-bond donors (Lipinski definition) is 1. The highest BCUT2D eigenvalue weighted by Crippen LogP contribution is 2.40. The molecule has 6 rings (SSSR count). The molecule has 5 heterocycles. The minimum Gasteiger partial charge on any atom is -0.455 e. The number of nitrogens with one attached hydrogen (secondary N) is 1. The second-order valence-electron chi connectivity index (χ2n) is 8.13. The molecule has 0 fully saturated rings. The number of carbonyl (C=O) groups is 1. The van der Waals surface area contributed by atoms with Crippen LogP contribution in [0.5, 0.6) is 0 Å². The molecule has 0 bridgehead atoms. The average Bonchev–Trinajstić information content (AvgIpc) is 3.64. The van der Waals surface area contributed by atoms with Crippen molar-refractivity contribution in [3.05, 3.63) is 77.4 Å². The van der Waals surface area contributed by atoms with E-state index in [4.69, 9.17) is 8.83 Å². The lowest BCUT2D eigenvalue weighted by Gasteiger charge is -2.33. The minimum atomic E-state index is -3.07. The first-order valence-electron chi connectivity index (χ1n) is 10.7. The van der Waals surface area contributed by atoms with Crippen molar-refractivity contribution >= 4 is 16.9 Å². The van der Waals surface area contributed by atoms with Crippen LogP contribution in [0.4, 0.5) is 13.2 Å². The van der Waals surface area contributed by atoms with Crippen molar-refractivity contribution < 1.29 is 26.8 Å². The summed E-state index contributed by atoms with van der Waals surface area (Å²) < 4.78 is 56.0. The topological polar surface area (TPSA) is 106 Å². The number of oxazole rings is 1. The predicted octanol–water partition coefficient (Wildman–Crippen LogP) is 4.41. The Morgan fingerprint density at radius 3 is 2.83 bits per heavy atom. The number of alkyl halides is 2. The quantitative estimate of drug-likeness (QED) is 0.407. The molecule has 9 nitrogen and oxygen atoms in total. The number of rotatable bonds is 4. The van der Waals surface area contributed by atoms with Crippen molar-refractivity contribution in [3.8, 4) is 11.5 Å². The Morgan fingerprint density at radius 1 is 1.26 bits per heavy atom. The van der Waals surface area contributed by atoms with E-state index in [-0.39, 0.29) is 23.6 Å². The highest BCUT2D eigenvalue weighted by molar-refractivity contribution is 5.94. The third-order valence-corrected chi connectivity index (χ3v) is 6.00. The first-order chi connectivity index (χ1) is 16.9. The van der Waals surface area contributed by atoms with E-state index in [2.05, 4.69) is 20.1 Å². The number of H-pyrrole nitrogens is 1. The molecule has 1 aliphatic rings. The van der Waals surface area contributed by atoms with E-state index in [0.29, 0.717) is 29.0 Å². The SMILES string of the molecule is Cn1cc(-c2nc(C(F)F)c(C(=O)N3CCc4[nH]cnc4[C@@H]3c3oc4ccccc4c3F)o2)cn1. The summed E-state index contributed by atoms with van der Waals surface area (Å²) in [6, 6.07) is 5.43. The average molecular weight is 482 g/mol. The number of imidazole rings is 1. The van der Waals surface area contributed by atoms with Crippen molar-refractivity contribution in [3.63, 3.8) is 0 Å². The number of furan rings is 1. The molecule has 4 aromatic heterocycles. The van der Waals surface area contributed by atoms with E-state index in [1.807, 2.05) is 0 Å². The van der Waals surface area contributed by atoms with Crippen LogP contribution in [0.15, 0.2) is 51.8 Å². The number of para-hydroxylation sites is 1. The molecule has 0 unspecified atom stereocenters. The molecule has 0 saturated heterocycles. The van der Waals surface area contributed by atoms with E-state index < -0.39 is 35.6 Å². The molecule has 5 aromatic rings. The molecule has 1 aliphatic heterocycles. The third-order valence-electron chi connectivity index (χ3n) is 6.00. The molecule has 0 aliphatic carbocycles. The largest absolute Gasteiger partial charge is 0.455 e. The van der Waals surface area contributed by atoms with Gasteiger partial charge < -0.3 is 18.7 Å². The summed E-state index contributed by atoms with van der Waals surface area (Å²) in [5.41, 5.74) is 0.892. The van der Waals surface area contributed by atoms with Gasteiger partial charge in [-0.3, -0.25) is 9.48 Å². The number of carbonyl (C=O) groups excluding carboxylic acids is 1. The Hall–Kier alpha value is -4.35. The molecule has 1 aromatic carbocycles. The lowest BCUT2D eigenvalue weighted by Crippen LogP contribution is -2.41. The maximum Gasteiger partial charge on any atom is 0.292 e. The Labute approximate surface area is 195 Å². The zero-order valence-corrected chi connectivity index (χ0v) is 18.2. The van der Waals surface area contributed by atoms with Crippen molar-refractivity contribution in [1.29, 1.82) is 0 Å². The number of aryl methyl sites for hydroxylation is 1. The fraction of sp³-hybridized carbons (Fsp3) is 0.217. The Morgan fingerprint density at radius 2 is 2.09 bits per heavy atom. The number of amides is 1. The van der Waals surface area contributed by atoms with Gasteiger partial charge in [-0.05, 0) is 12.1 Å². The van der Waals surface area contributed by atoms with Crippen LogP contribution in [-0.2, 0) is 13.5 Å². The van der Waals surface area contributed by atoms with E-state index in [0.717, 1.165) is 0 Å². The van der Waals surface area contributed by atoms with Gasteiger partial charge in [0.2, 0.25) is 11.7 Å². The van der Waals surface area contributed by atoms with Crippen molar-refractivity contribution in [2.24, 2.45) is 7.05 Å². The lowest BCUT2D eigenvalue weighted by molar-refractivity contribution is 0.0622. The molecule has 0 saturated carbocycles. The number of aromatic amines is 1. The summed E-state index contributed by atoms with van der Waals surface area (Å²) in [6.07, 6.45) is 1.63. The van der Waals surface area contributed by atoms with Crippen LogP contribution < -0.4 is 0 Å². The second-order valence-corrected chi connectivity index (χ2v) is 8.13. The summed E-state index contributed by atoms with van der Waals surface area (Å²) in [7, 11) is 1.65. The number of nitrogens with zero attached hydrogens (tertiary/aromatic N) is 5. The second kappa shape index (κ2) is 7.86. The summed E-state index contributed by atoms with van der Waals surface area (Å²) >= 11 is 0. The summed E-state index contributed by atoms with van der Waals surface area (Å²) in [4.78, 5) is 26.0. The summed E-state index contributed by atoms with van der Waals surface area (Å²) in [6.45, 7) is 0.0841. The molecule has 35 heavy (non-hydrogen) atoms. The number of fused-ring (bicyclic) bond motifs is 2. The number of halogens is 3. The van der Waals surface area contributed by atoms with Crippen LogP contribution in [0.1, 0.15) is 45.9 Å². The van der Waals surface area contributed by atoms with Crippen LogP contribution in [0, 0.1) is 5.82 Å². The molecule has 12 heteroatoms. The minimum absolute atomic E-state index is 0.0841. The fourth-order valence-electron chi connectivity index (χ4n) is 4.39. The molecule has 1 atom stereocenters. The van der Waals surface area contributed by atoms with E-state index in [9.17, 15) is 13.6 Å². The van der Waals surface area contributed by atoms with Crippen LogP contribution in [0.2, 0.25) is 0 Å². The monoisotopic (exact) mass is 482 g/mol. The molecule has 0 spiro atoms. The first-order valence-corrected chi connectivity index (χ1v) is 10.7. The zero-order chi connectivity index (χ0) is 24.3. The highest BCUT2D eigenvalue weighted by atomic mass is 19.3. The van der Waals surface area contributed by atoms with Gasteiger partial charge in [-0.25, -0.2) is 23.1 Å². The van der Waals surface area contributed by atoms with Crippen molar-refractivity contribution in [2.45, 2.75) is 18.9 Å². The molecular weight excluding hydrogens is 465 g/mol. The molecule has 1 amide bonds. The highest BCUT2D eigenvalue weighted by Gasteiger charge is 2.41. The first kappa shape index (κ1) is 21.2. The zero-order valence-electron chi connectivity index (χ0n) is 18.2. The predicted molar refractivity (Wildman–Crippen MR) is 115 cm³/mol. The van der Waals surface area contributed by atoms with Gasteiger partial charge in [0.25, 0.3) is 12.3 Å². The fourth-order valence-corrected chi connectivity index (χ4v) is 4.39. The number of benzene rings is 1. The number of hydrogen-bond acceptors (Lipinski definition) is 6. The van der Waals surface area contributed by atoms with Gasteiger partial charge in [0.15, 0.2) is 17.3 Å². The van der Waals surface area contributed by atoms with Gasteiger partial charge in [0.1, 0.15) is 11.6 Å². The van der Waals surface area contributed by atoms with Crippen molar-refractivity contribution in [1.82, 2.24) is 29.6 Å². The van der Waals surface area contributed by atoms with Gasteiger partial charge >= 0.3 is 0 Å². The molecule has 0 radical (unpaired) electrons. The van der Waals surface area contributed by atoms with Gasteiger partial charge in [0.05, 0.1) is 29.2 Å². The standard InChI is InChI=1S/C23H17F3N6O3/c1-31-9-11(8-29-31)22-30-17(21(25)26)20(35-22)23(33)32-7-6-13-16(28-10-27-13)18(32)19-15(24)12-4-2-3-5-14(12)34-19/h2-5,8-10,18,21H,6-7H2,1H3,(H,27,28)/t18-/m1/s1. The summed E-state index contributed by atoms with van der Waals surface area (Å²) in [5, 5.41) is 4.22. The van der Waals surface area contributed by atoms with E-state index in [1.165, 1.54) is 28.3 Å². The lowest BCUT2D eigenvalue weighted by atomic mass is 9.99. The molecular formula is C23H17F3N6O3. The van der Waals surface area contributed by atoms with Crippen LogP contribution in [0.25, 0.3) is 22.4 Å². The van der Waals surface area contributed by atoms with E-state index >= 15 is 4.39 Å². The summed E-state index contributed by atoms with van der Waals surface area (Å²) in [5.74, 6) is -2.46. The Bertz CT molecular complexity index is 1570. The van der Waals surface area contributed by atoms with Gasteiger partial charge in [-0.15, -0.1) is 0 Å². The van der Waals surface area contributed by atoms with Gasteiger partial charge in [0, 0.05) is 31.9 Å². The van der Waals surface area contributed by atoms with Crippen molar-refractivity contribution in [2.75, 3.05) is 6.54 Å². The number of aromatic nitrogens is 5. The Kier molecular flexibility index (Phi) is 4.76. The maximum absolute atomic E-state index is 15.5. The molecule has 1 N–H and O–H groups in total. The van der Waals surface area contributed by atoms with Gasteiger partial charge in [-0.2, -0.15) is 5.10 Å². The van der Waals surface area contributed by atoms with E-state index in [1.54, 1.807) is 31.3 Å². The normalized spacial score (nSPS) is 15.8. The van der Waals surface area contributed by atoms with Crippen LogP contribution in [0.3, 0.4) is 0 Å². The molecule has 178 valence electrons. The third kappa shape index (κ3) is 3.32. The Balaban J connectivity index is 1.48. The maximum atomic E-state index is 15.5. The van der Waals surface area contributed by atoms with Crippen LogP contribution >= 0.6 is 0 Å².